The molecule has 1 heterocycles. The number of rotatable bonds is 7. The van der Waals surface area contributed by atoms with Crippen LogP contribution in [0.2, 0.25) is 0 Å². The second-order valence-electron chi connectivity index (χ2n) is 6.77. The van der Waals surface area contributed by atoms with Gasteiger partial charge in [-0.05, 0) is 43.7 Å². The van der Waals surface area contributed by atoms with Crippen molar-refractivity contribution in [3.8, 4) is 5.75 Å². The van der Waals surface area contributed by atoms with Gasteiger partial charge < -0.3 is 15.0 Å². The number of methoxy groups -OCH3 is 1. The van der Waals surface area contributed by atoms with Crippen molar-refractivity contribution >= 4 is 17.4 Å². The lowest BCUT2D eigenvalue weighted by Gasteiger charge is -2.28. The van der Waals surface area contributed by atoms with Crippen LogP contribution in [0.4, 0.5) is 11.5 Å². The Morgan fingerprint density at radius 2 is 1.75 bits per heavy atom. The van der Waals surface area contributed by atoms with Crippen LogP contribution in [0.15, 0.2) is 72.9 Å². The molecule has 1 aromatic heterocycles. The van der Waals surface area contributed by atoms with Gasteiger partial charge in [-0.3, -0.25) is 4.79 Å². The largest absolute Gasteiger partial charge is 0.495 e. The summed E-state index contributed by atoms with van der Waals surface area (Å²) >= 11 is 0. The minimum atomic E-state index is -0.220. The van der Waals surface area contributed by atoms with Crippen LogP contribution in [0.5, 0.6) is 5.75 Å². The Morgan fingerprint density at radius 1 is 1.04 bits per heavy atom. The number of carbonyl (C=O) groups excluding carboxylic acids is 1. The molecule has 1 amide bonds. The molecular weight excluding hydrogens is 350 g/mol. The molecule has 3 rings (SSSR count). The van der Waals surface area contributed by atoms with Gasteiger partial charge in [0.25, 0.3) is 5.91 Å². The zero-order chi connectivity index (χ0) is 19.9. The Balaban J connectivity index is 1.75. The molecule has 2 aromatic carbocycles. The fraction of sp³-hybridized carbons (Fsp3) is 0.217. The number of pyridine rings is 1. The molecule has 0 saturated heterocycles. The maximum atomic E-state index is 12.6. The number of nitrogens with zero attached hydrogens (tertiary/aromatic N) is 2. The number of carbonyl (C=O) groups is 1. The first-order valence-electron chi connectivity index (χ1n) is 9.29. The SMILES string of the molecule is COc1ccccc1NC(=O)c1ccc(N(Cc2ccccc2)C(C)C)nc1. The van der Waals surface area contributed by atoms with Crippen LogP contribution >= 0.6 is 0 Å². The summed E-state index contributed by atoms with van der Waals surface area (Å²) in [6.07, 6.45) is 1.61. The summed E-state index contributed by atoms with van der Waals surface area (Å²) in [5, 5.41) is 2.87. The third-order valence-electron chi connectivity index (χ3n) is 4.48. The summed E-state index contributed by atoms with van der Waals surface area (Å²) in [4.78, 5) is 19.3. The number of amides is 1. The molecule has 0 aliphatic heterocycles. The first-order valence-corrected chi connectivity index (χ1v) is 9.29. The lowest BCUT2D eigenvalue weighted by atomic mass is 10.2. The number of hydrogen-bond acceptors (Lipinski definition) is 4. The third-order valence-corrected chi connectivity index (χ3v) is 4.48. The molecule has 0 bridgehead atoms. The summed E-state index contributed by atoms with van der Waals surface area (Å²) in [6, 6.07) is 21.6. The standard InChI is InChI=1S/C23H25N3O2/c1-17(2)26(16-18-9-5-4-6-10-18)22-14-13-19(15-24-22)23(27)25-20-11-7-8-12-21(20)28-3/h4-15,17H,16H2,1-3H3,(H,25,27). The highest BCUT2D eigenvalue weighted by Gasteiger charge is 2.15. The number of aromatic nitrogens is 1. The van der Waals surface area contributed by atoms with Crippen LogP contribution in [0.3, 0.4) is 0 Å². The van der Waals surface area contributed by atoms with Crippen LogP contribution in [-0.2, 0) is 6.54 Å². The summed E-state index contributed by atoms with van der Waals surface area (Å²) in [6.45, 7) is 5.03. The average molecular weight is 375 g/mol. The van der Waals surface area contributed by atoms with E-state index < -0.39 is 0 Å². The molecule has 3 aromatic rings. The minimum absolute atomic E-state index is 0.220. The zero-order valence-electron chi connectivity index (χ0n) is 16.4. The molecule has 0 radical (unpaired) electrons. The Kier molecular flexibility index (Phi) is 6.27. The number of nitrogens with one attached hydrogen (secondary N) is 1. The predicted molar refractivity (Wildman–Crippen MR) is 113 cm³/mol. The first-order chi connectivity index (χ1) is 13.6. The topological polar surface area (TPSA) is 54.5 Å². The number of benzene rings is 2. The Hall–Kier alpha value is -3.34. The second-order valence-corrected chi connectivity index (χ2v) is 6.77. The molecule has 0 saturated carbocycles. The number of anilines is 2. The van der Waals surface area contributed by atoms with Crippen LogP contribution in [0.1, 0.15) is 29.8 Å². The van der Waals surface area contributed by atoms with Crippen LogP contribution in [0.25, 0.3) is 0 Å². The van der Waals surface area contributed by atoms with E-state index in [-0.39, 0.29) is 11.9 Å². The maximum Gasteiger partial charge on any atom is 0.257 e. The number of ether oxygens (including phenoxy) is 1. The lowest BCUT2D eigenvalue weighted by molar-refractivity contribution is 0.102. The van der Waals surface area contributed by atoms with Gasteiger partial charge in [-0.2, -0.15) is 0 Å². The van der Waals surface area contributed by atoms with E-state index in [0.29, 0.717) is 17.0 Å². The normalized spacial score (nSPS) is 10.6. The van der Waals surface area contributed by atoms with Crippen molar-refractivity contribution in [2.75, 3.05) is 17.3 Å². The summed E-state index contributed by atoms with van der Waals surface area (Å²) in [7, 11) is 1.58. The van der Waals surface area contributed by atoms with E-state index in [1.54, 1.807) is 31.5 Å². The van der Waals surface area contributed by atoms with E-state index >= 15 is 0 Å². The molecule has 28 heavy (non-hydrogen) atoms. The van der Waals surface area contributed by atoms with Crippen molar-refractivity contribution in [1.29, 1.82) is 0 Å². The quantitative estimate of drug-likeness (QED) is 0.647. The summed E-state index contributed by atoms with van der Waals surface area (Å²) in [5.41, 5.74) is 2.35. The molecule has 0 fully saturated rings. The van der Waals surface area contributed by atoms with E-state index in [1.807, 2.05) is 36.4 Å². The molecule has 5 nitrogen and oxygen atoms in total. The van der Waals surface area contributed by atoms with Gasteiger partial charge in [0.05, 0.1) is 18.4 Å². The summed E-state index contributed by atoms with van der Waals surface area (Å²) in [5.74, 6) is 1.24. The van der Waals surface area contributed by atoms with E-state index in [0.717, 1.165) is 12.4 Å². The van der Waals surface area contributed by atoms with Gasteiger partial charge in [-0.15, -0.1) is 0 Å². The molecule has 0 spiro atoms. The van der Waals surface area contributed by atoms with Crippen molar-refractivity contribution < 1.29 is 9.53 Å². The Morgan fingerprint density at radius 3 is 2.39 bits per heavy atom. The van der Waals surface area contributed by atoms with Crippen LogP contribution in [0, 0.1) is 0 Å². The lowest BCUT2D eigenvalue weighted by Crippen LogP contribution is -2.31. The molecule has 0 aliphatic carbocycles. The van der Waals surface area contributed by atoms with Crippen LogP contribution < -0.4 is 15.0 Å². The van der Waals surface area contributed by atoms with Crippen molar-refractivity contribution in [3.63, 3.8) is 0 Å². The van der Waals surface area contributed by atoms with Crippen molar-refractivity contribution in [1.82, 2.24) is 4.98 Å². The minimum Gasteiger partial charge on any atom is -0.495 e. The number of hydrogen-bond donors (Lipinski definition) is 1. The first kappa shape index (κ1) is 19.4. The molecular formula is C23H25N3O2. The molecule has 1 N–H and O–H groups in total. The third kappa shape index (κ3) is 4.68. The maximum absolute atomic E-state index is 12.6. The van der Waals surface area contributed by atoms with Gasteiger partial charge in [-0.1, -0.05) is 42.5 Å². The van der Waals surface area contributed by atoms with Gasteiger partial charge in [0.15, 0.2) is 0 Å². The fourth-order valence-electron chi connectivity index (χ4n) is 2.94. The van der Waals surface area contributed by atoms with E-state index in [2.05, 4.69) is 41.2 Å². The summed E-state index contributed by atoms with van der Waals surface area (Å²) < 4.78 is 5.28. The Labute approximate surface area is 166 Å². The highest BCUT2D eigenvalue weighted by Crippen LogP contribution is 2.24. The smallest absolute Gasteiger partial charge is 0.257 e. The van der Waals surface area contributed by atoms with Crippen LogP contribution in [-0.4, -0.2) is 24.0 Å². The van der Waals surface area contributed by atoms with Gasteiger partial charge in [0.2, 0.25) is 0 Å². The Bertz CT molecular complexity index is 909. The molecule has 5 heteroatoms. The second kappa shape index (κ2) is 9.04. The van der Waals surface area contributed by atoms with Gasteiger partial charge in [0.1, 0.15) is 11.6 Å². The molecule has 0 aliphatic rings. The average Bonchev–Trinajstić information content (AvgIpc) is 2.73. The predicted octanol–water partition coefficient (Wildman–Crippen LogP) is 4.76. The van der Waals surface area contributed by atoms with E-state index in [1.165, 1.54) is 5.56 Å². The molecule has 144 valence electrons. The highest BCUT2D eigenvalue weighted by atomic mass is 16.5. The molecule has 0 atom stereocenters. The number of para-hydroxylation sites is 2. The van der Waals surface area contributed by atoms with Gasteiger partial charge >= 0.3 is 0 Å². The molecule has 0 unspecified atom stereocenters. The van der Waals surface area contributed by atoms with E-state index in [4.69, 9.17) is 4.74 Å². The van der Waals surface area contributed by atoms with Crippen molar-refractivity contribution in [2.24, 2.45) is 0 Å². The monoisotopic (exact) mass is 375 g/mol. The van der Waals surface area contributed by atoms with E-state index in [9.17, 15) is 4.79 Å². The highest BCUT2D eigenvalue weighted by molar-refractivity contribution is 6.04. The fourth-order valence-corrected chi connectivity index (χ4v) is 2.94. The van der Waals surface area contributed by atoms with Crippen molar-refractivity contribution in [2.45, 2.75) is 26.4 Å². The van der Waals surface area contributed by atoms with Crippen molar-refractivity contribution in [3.05, 3.63) is 84.1 Å². The zero-order valence-corrected chi connectivity index (χ0v) is 16.4. The van der Waals surface area contributed by atoms with Gasteiger partial charge in [-0.25, -0.2) is 4.98 Å². The van der Waals surface area contributed by atoms with Gasteiger partial charge in [0, 0.05) is 18.8 Å².